The van der Waals surface area contributed by atoms with Crippen LogP contribution in [0.2, 0.25) is 0 Å². The summed E-state index contributed by atoms with van der Waals surface area (Å²) in [6, 6.07) is 5.40. The highest BCUT2D eigenvalue weighted by Crippen LogP contribution is 2.09. The second-order valence-electron chi connectivity index (χ2n) is 5.72. The number of ether oxygens (including phenoxy) is 1. The molecule has 24 heavy (non-hydrogen) atoms. The van der Waals surface area contributed by atoms with Crippen molar-refractivity contribution >= 4 is 17.8 Å². The zero-order valence-electron chi connectivity index (χ0n) is 14.8. The van der Waals surface area contributed by atoms with Crippen molar-refractivity contribution in [3.8, 4) is 0 Å². The molecule has 0 unspecified atom stereocenters. The minimum Gasteiger partial charge on any atom is -0.454 e. The summed E-state index contributed by atoms with van der Waals surface area (Å²) < 4.78 is 4.86. The van der Waals surface area contributed by atoms with Crippen molar-refractivity contribution in [3.63, 3.8) is 0 Å². The van der Waals surface area contributed by atoms with Crippen LogP contribution in [0, 0.1) is 13.8 Å². The van der Waals surface area contributed by atoms with Crippen LogP contribution in [0.4, 0.5) is 0 Å². The van der Waals surface area contributed by atoms with Crippen molar-refractivity contribution in [3.05, 3.63) is 34.9 Å². The summed E-state index contributed by atoms with van der Waals surface area (Å²) in [7, 11) is 0. The van der Waals surface area contributed by atoms with Gasteiger partial charge in [0.2, 0.25) is 0 Å². The van der Waals surface area contributed by atoms with Gasteiger partial charge in [-0.1, -0.05) is 19.9 Å². The first kappa shape index (κ1) is 19.7. The predicted octanol–water partition coefficient (Wildman–Crippen LogP) is 1.88. The normalized spacial score (nSPS) is 10.4. The van der Waals surface area contributed by atoms with E-state index in [0.717, 1.165) is 24.0 Å². The number of amides is 2. The lowest BCUT2D eigenvalue weighted by molar-refractivity contribution is -0.147. The molecule has 1 aromatic carbocycles. The molecule has 0 aliphatic carbocycles. The van der Waals surface area contributed by atoms with Crippen LogP contribution in [0.3, 0.4) is 0 Å². The van der Waals surface area contributed by atoms with E-state index in [-0.39, 0.29) is 31.0 Å². The standard InChI is InChI=1S/C18H26N2O4/c1-5-15(6-2)20-16(21)11-24-17(22)10-19-18(23)14-8-7-12(3)13(4)9-14/h7-9,15H,5-6,10-11H2,1-4H3,(H,19,23)(H,20,21). The molecule has 0 saturated carbocycles. The number of hydrogen-bond donors (Lipinski definition) is 2. The largest absolute Gasteiger partial charge is 0.454 e. The van der Waals surface area contributed by atoms with E-state index in [0.29, 0.717) is 5.56 Å². The Morgan fingerprint density at radius 1 is 1.08 bits per heavy atom. The molecule has 6 heteroatoms. The van der Waals surface area contributed by atoms with Crippen LogP contribution in [0.25, 0.3) is 0 Å². The van der Waals surface area contributed by atoms with Crippen molar-refractivity contribution in [2.24, 2.45) is 0 Å². The number of benzene rings is 1. The third kappa shape index (κ3) is 6.40. The fraction of sp³-hybridized carbons (Fsp3) is 0.500. The minimum atomic E-state index is -0.646. The van der Waals surface area contributed by atoms with Gasteiger partial charge in [0.15, 0.2) is 6.61 Å². The van der Waals surface area contributed by atoms with Gasteiger partial charge in [-0.3, -0.25) is 14.4 Å². The average molecular weight is 334 g/mol. The molecule has 1 aromatic rings. The average Bonchev–Trinajstić information content (AvgIpc) is 2.57. The van der Waals surface area contributed by atoms with E-state index in [1.165, 1.54) is 0 Å². The summed E-state index contributed by atoms with van der Waals surface area (Å²) in [5.41, 5.74) is 2.58. The Labute approximate surface area is 143 Å². The van der Waals surface area contributed by atoms with E-state index in [4.69, 9.17) is 4.74 Å². The van der Waals surface area contributed by atoms with E-state index >= 15 is 0 Å². The smallest absolute Gasteiger partial charge is 0.325 e. The van der Waals surface area contributed by atoms with Crippen molar-refractivity contribution < 1.29 is 19.1 Å². The quantitative estimate of drug-likeness (QED) is 0.711. The maximum absolute atomic E-state index is 12.0. The molecule has 0 radical (unpaired) electrons. The van der Waals surface area contributed by atoms with Gasteiger partial charge >= 0.3 is 5.97 Å². The Morgan fingerprint density at radius 3 is 2.33 bits per heavy atom. The third-order valence-electron chi connectivity index (χ3n) is 3.88. The molecule has 2 N–H and O–H groups in total. The number of aryl methyl sites for hydroxylation is 2. The van der Waals surface area contributed by atoms with Gasteiger partial charge in [0, 0.05) is 11.6 Å². The Balaban J connectivity index is 2.36. The zero-order valence-corrected chi connectivity index (χ0v) is 14.8. The maximum atomic E-state index is 12.0. The lowest BCUT2D eigenvalue weighted by Crippen LogP contribution is -2.38. The Kier molecular flexibility index (Phi) is 7.95. The first-order valence-corrected chi connectivity index (χ1v) is 8.17. The highest BCUT2D eigenvalue weighted by molar-refractivity contribution is 5.96. The van der Waals surface area contributed by atoms with Crippen LogP contribution >= 0.6 is 0 Å². The molecule has 0 saturated heterocycles. The minimum absolute atomic E-state index is 0.0840. The number of carbonyl (C=O) groups excluding carboxylic acids is 3. The zero-order chi connectivity index (χ0) is 18.1. The van der Waals surface area contributed by atoms with Crippen molar-refractivity contribution in [2.75, 3.05) is 13.2 Å². The summed E-state index contributed by atoms with van der Waals surface area (Å²) in [5, 5.41) is 5.26. The van der Waals surface area contributed by atoms with Gasteiger partial charge < -0.3 is 15.4 Å². The van der Waals surface area contributed by atoms with Gasteiger partial charge in [0.05, 0.1) is 0 Å². The summed E-state index contributed by atoms with van der Waals surface area (Å²) >= 11 is 0. The van der Waals surface area contributed by atoms with Gasteiger partial charge in [0.25, 0.3) is 11.8 Å². The molecule has 0 aliphatic rings. The molecule has 1 rings (SSSR count). The number of esters is 1. The van der Waals surface area contributed by atoms with Crippen LogP contribution in [0.15, 0.2) is 18.2 Å². The molecule has 6 nitrogen and oxygen atoms in total. The van der Waals surface area contributed by atoms with E-state index in [2.05, 4.69) is 10.6 Å². The molecule has 0 bridgehead atoms. The maximum Gasteiger partial charge on any atom is 0.325 e. The summed E-state index contributed by atoms with van der Waals surface area (Å²) in [5.74, 6) is -1.33. The van der Waals surface area contributed by atoms with Crippen molar-refractivity contribution in [1.29, 1.82) is 0 Å². The number of hydrogen-bond acceptors (Lipinski definition) is 4. The molecule has 0 atom stereocenters. The van der Waals surface area contributed by atoms with Crippen LogP contribution in [0.5, 0.6) is 0 Å². The van der Waals surface area contributed by atoms with Gasteiger partial charge in [-0.25, -0.2) is 0 Å². The summed E-state index contributed by atoms with van der Waals surface area (Å²) in [4.78, 5) is 35.2. The molecule has 0 aliphatic heterocycles. The number of carbonyl (C=O) groups is 3. The Hall–Kier alpha value is -2.37. The third-order valence-corrected chi connectivity index (χ3v) is 3.88. The molecule has 0 spiro atoms. The van der Waals surface area contributed by atoms with E-state index in [1.54, 1.807) is 12.1 Å². The Morgan fingerprint density at radius 2 is 1.75 bits per heavy atom. The molecule has 2 amide bonds. The first-order valence-electron chi connectivity index (χ1n) is 8.17. The predicted molar refractivity (Wildman–Crippen MR) is 91.7 cm³/mol. The van der Waals surface area contributed by atoms with Gasteiger partial charge in [0.1, 0.15) is 6.54 Å². The molecule has 132 valence electrons. The SMILES string of the molecule is CCC(CC)NC(=O)COC(=O)CNC(=O)c1ccc(C)c(C)c1. The molecule has 0 fully saturated rings. The fourth-order valence-corrected chi connectivity index (χ4v) is 2.10. The summed E-state index contributed by atoms with van der Waals surface area (Å²) in [6.45, 7) is 7.21. The van der Waals surface area contributed by atoms with E-state index in [9.17, 15) is 14.4 Å². The number of nitrogens with one attached hydrogen (secondary N) is 2. The highest BCUT2D eigenvalue weighted by Gasteiger charge is 2.13. The molecular weight excluding hydrogens is 308 g/mol. The highest BCUT2D eigenvalue weighted by atomic mass is 16.5. The second kappa shape index (κ2) is 9.70. The van der Waals surface area contributed by atoms with Gasteiger partial charge in [-0.05, 0) is 49.9 Å². The van der Waals surface area contributed by atoms with Gasteiger partial charge in [-0.15, -0.1) is 0 Å². The van der Waals surface area contributed by atoms with E-state index in [1.807, 2.05) is 33.8 Å². The van der Waals surface area contributed by atoms with E-state index < -0.39 is 5.97 Å². The fourth-order valence-electron chi connectivity index (χ4n) is 2.10. The topological polar surface area (TPSA) is 84.5 Å². The second-order valence-corrected chi connectivity index (χ2v) is 5.72. The number of rotatable bonds is 8. The van der Waals surface area contributed by atoms with Crippen LogP contribution in [-0.2, 0) is 14.3 Å². The molecule has 0 aromatic heterocycles. The molecule has 0 heterocycles. The summed E-state index contributed by atoms with van der Waals surface area (Å²) in [6.07, 6.45) is 1.64. The Bertz CT molecular complexity index is 595. The van der Waals surface area contributed by atoms with Crippen molar-refractivity contribution in [2.45, 2.75) is 46.6 Å². The lowest BCUT2D eigenvalue weighted by Gasteiger charge is -2.14. The van der Waals surface area contributed by atoms with Crippen LogP contribution < -0.4 is 10.6 Å². The van der Waals surface area contributed by atoms with Crippen LogP contribution in [-0.4, -0.2) is 37.0 Å². The monoisotopic (exact) mass is 334 g/mol. The van der Waals surface area contributed by atoms with Crippen molar-refractivity contribution in [1.82, 2.24) is 10.6 Å². The molecular formula is C18H26N2O4. The first-order chi connectivity index (χ1) is 11.4. The van der Waals surface area contributed by atoms with Gasteiger partial charge in [-0.2, -0.15) is 0 Å². The van der Waals surface area contributed by atoms with Crippen LogP contribution in [0.1, 0.15) is 48.2 Å². The lowest BCUT2D eigenvalue weighted by atomic mass is 10.1.